The fourth-order valence-electron chi connectivity index (χ4n) is 5.02. The van der Waals surface area contributed by atoms with Gasteiger partial charge >= 0.3 is 0 Å². The second kappa shape index (κ2) is 21.0. The van der Waals surface area contributed by atoms with E-state index in [9.17, 15) is 4.79 Å². The Morgan fingerprint density at radius 3 is 2.14 bits per heavy atom. The molecule has 0 rings (SSSR count). The molecule has 0 amide bonds. The van der Waals surface area contributed by atoms with Crippen LogP contribution in [-0.4, -0.2) is 5.78 Å². The van der Waals surface area contributed by atoms with Crippen LogP contribution in [0, 0.1) is 23.2 Å². The Bertz CT molecular complexity index is 734. The highest BCUT2D eigenvalue weighted by Crippen LogP contribution is 2.43. The minimum Gasteiger partial charge on any atom is -0.294 e. The lowest BCUT2D eigenvalue weighted by Gasteiger charge is -2.38. The molecule has 0 saturated carbocycles. The largest absolute Gasteiger partial charge is 0.294 e. The third-order valence-corrected chi connectivity index (χ3v) is 7.33. The summed E-state index contributed by atoms with van der Waals surface area (Å²) < 4.78 is 0. The summed E-state index contributed by atoms with van der Waals surface area (Å²) in [6, 6.07) is 0. The number of carbonyl (C=O) groups excluding carboxylic acids is 1. The average Bonchev–Trinajstić information content (AvgIpc) is 2.86. The normalized spacial score (nSPS) is 16.1. The lowest BCUT2D eigenvalue weighted by Crippen LogP contribution is -2.37. The molecular formula is C35H56O. The third kappa shape index (κ3) is 12.7. The van der Waals surface area contributed by atoms with Gasteiger partial charge in [-0.05, 0) is 83.1 Å². The zero-order valence-electron chi connectivity index (χ0n) is 24.2. The molecule has 0 aromatic carbocycles. The second-order valence-electron chi connectivity index (χ2n) is 10.4. The summed E-state index contributed by atoms with van der Waals surface area (Å²) in [4.78, 5) is 13.5. The summed E-state index contributed by atoms with van der Waals surface area (Å²) in [6.45, 7) is 24.9. The van der Waals surface area contributed by atoms with E-state index in [1.165, 1.54) is 32.1 Å². The molecule has 202 valence electrons. The van der Waals surface area contributed by atoms with Crippen LogP contribution in [0.25, 0.3) is 0 Å². The van der Waals surface area contributed by atoms with E-state index in [0.717, 1.165) is 44.1 Å². The summed E-state index contributed by atoms with van der Waals surface area (Å²) in [5.41, 5.74) is 0.585. The van der Waals surface area contributed by atoms with Crippen molar-refractivity contribution in [3.05, 3.63) is 86.6 Å². The lowest BCUT2D eigenvalue weighted by molar-refractivity contribution is -0.126. The molecule has 0 aromatic heterocycles. The van der Waals surface area contributed by atoms with Crippen LogP contribution in [0.3, 0.4) is 0 Å². The highest BCUT2D eigenvalue weighted by Gasteiger charge is 2.41. The molecule has 4 unspecified atom stereocenters. The smallest absolute Gasteiger partial charge is 0.162 e. The molecule has 0 aliphatic heterocycles. The molecule has 0 aliphatic rings. The maximum absolute atomic E-state index is 13.5. The minimum absolute atomic E-state index is 0.0732. The Morgan fingerprint density at radius 1 is 0.917 bits per heavy atom. The zero-order valence-corrected chi connectivity index (χ0v) is 24.2. The summed E-state index contributed by atoms with van der Waals surface area (Å²) in [5.74, 6) is 0.917. The first-order valence-corrected chi connectivity index (χ1v) is 14.4. The highest BCUT2D eigenvalue weighted by molar-refractivity contribution is 5.95. The Hall–Kier alpha value is -2.15. The maximum Gasteiger partial charge on any atom is 0.162 e. The molecule has 0 heterocycles. The Morgan fingerprint density at radius 2 is 1.58 bits per heavy atom. The number of unbranched alkanes of at least 4 members (excludes halogenated alkanes) is 5. The number of allylic oxidation sites excluding steroid dienone is 10. The molecular weight excluding hydrogens is 436 g/mol. The van der Waals surface area contributed by atoms with Crippen molar-refractivity contribution in [2.75, 3.05) is 0 Å². The molecule has 0 spiro atoms. The first-order chi connectivity index (χ1) is 17.4. The van der Waals surface area contributed by atoms with Crippen molar-refractivity contribution in [1.82, 2.24) is 0 Å². The van der Waals surface area contributed by atoms with Crippen LogP contribution in [0.4, 0.5) is 0 Å². The van der Waals surface area contributed by atoms with Gasteiger partial charge in [-0.15, -0.1) is 26.3 Å². The van der Waals surface area contributed by atoms with E-state index < -0.39 is 5.41 Å². The molecule has 36 heavy (non-hydrogen) atoms. The molecule has 0 radical (unpaired) electrons. The van der Waals surface area contributed by atoms with Gasteiger partial charge in [0.05, 0.1) is 0 Å². The fraction of sp³-hybridized carbons (Fsp3) is 0.571. The van der Waals surface area contributed by atoms with Crippen LogP contribution in [0.2, 0.25) is 0 Å². The number of rotatable bonds is 23. The zero-order chi connectivity index (χ0) is 27.2. The van der Waals surface area contributed by atoms with Crippen LogP contribution < -0.4 is 0 Å². The molecule has 0 bridgehead atoms. The van der Waals surface area contributed by atoms with Gasteiger partial charge in [-0.1, -0.05) is 93.7 Å². The van der Waals surface area contributed by atoms with Crippen LogP contribution in [-0.2, 0) is 4.79 Å². The van der Waals surface area contributed by atoms with Crippen molar-refractivity contribution >= 4 is 5.78 Å². The van der Waals surface area contributed by atoms with Gasteiger partial charge in [-0.25, -0.2) is 0 Å². The van der Waals surface area contributed by atoms with E-state index in [2.05, 4.69) is 70.5 Å². The van der Waals surface area contributed by atoms with Gasteiger partial charge in [0, 0.05) is 11.3 Å². The van der Waals surface area contributed by atoms with Gasteiger partial charge in [-0.3, -0.25) is 4.79 Å². The third-order valence-electron chi connectivity index (χ3n) is 7.33. The van der Waals surface area contributed by atoms with Gasteiger partial charge in [0.2, 0.25) is 0 Å². The fourth-order valence-corrected chi connectivity index (χ4v) is 5.02. The monoisotopic (exact) mass is 492 g/mol. The van der Waals surface area contributed by atoms with E-state index in [-0.39, 0.29) is 11.7 Å². The number of ketones is 1. The van der Waals surface area contributed by atoms with Crippen molar-refractivity contribution in [1.29, 1.82) is 0 Å². The first kappa shape index (κ1) is 33.8. The summed E-state index contributed by atoms with van der Waals surface area (Å²) in [6.07, 6.45) is 31.6. The van der Waals surface area contributed by atoms with Gasteiger partial charge in [0.1, 0.15) is 0 Å². The SMILES string of the molecule is C=CCC(CCC(=C)C)(C(=O)/C=C/C)C(C=C)CCC(C=CCCCC)C(C=C)C=CCCCCC. The van der Waals surface area contributed by atoms with Gasteiger partial charge < -0.3 is 0 Å². The lowest BCUT2D eigenvalue weighted by atomic mass is 9.64. The standard InChI is InChI=1S/C35H56O/c1-9-15-17-19-21-23-31(13-5)32(24-20-18-16-10-2)25-26-33(14-6)35(28-12-4,29-27-30(7)8)34(36)22-11-3/h11-14,20-24,31-33H,4-7,9-10,15-19,25-29H2,1-3,8H3/b22-11+,23-21?,24-20?. The van der Waals surface area contributed by atoms with Crippen LogP contribution in [0.5, 0.6) is 0 Å². The maximum atomic E-state index is 13.5. The molecule has 0 N–H and O–H groups in total. The van der Waals surface area contributed by atoms with Crippen molar-refractivity contribution < 1.29 is 4.79 Å². The molecule has 4 atom stereocenters. The van der Waals surface area contributed by atoms with Crippen LogP contribution in [0.1, 0.15) is 105 Å². The van der Waals surface area contributed by atoms with Gasteiger partial charge in [0.25, 0.3) is 0 Å². The molecule has 1 heteroatoms. The first-order valence-electron chi connectivity index (χ1n) is 14.4. The van der Waals surface area contributed by atoms with Crippen LogP contribution in [0.15, 0.2) is 86.6 Å². The van der Waals surface area contributed by atoms with E-state index in [0.29, 0.717) is 18.3 Å². The Labute approximate surface area is 224 Å². The van der Waals surface area contributed by atoms with E-state index in [4.69, 9.17) is 0 Å². The topological polar surface area (TPSA) is 17.1 Å². The highest BCUT2D eigenvalue weighted by atomic mass is 16.1. The number of hydrogen-bond acceptors (Lipinski definition) is 1. The van der Waals surface area contributed by atoms with Gasteiger partial charge in [0.15, 0.2) is 5.78 Å². The summed E-state index contributed by atoms with van der Waals surface area (Å²) in [7, 11) is 0. The van der Waals surface area contributed by atoms with Crippen molar-refractivity contribution in [3.63, 3.8) is 0 Å². The van der Waals surface area contributed by atoms with E-state index in [1.54, 1.807) is 6.08 Å². The van der Waals surface area contributed by atoms with Crippen molar-refractivity contribution in [2.24, 2.45) is 23.2 Å². The Balaban J connectivity index is 5.96. The minimum atomic E-state index is -0.523. The van der Waals surface area contributed by atoms with E-state index in [1.807, 2.05) is 32.1 Å². The average molecular weight is 493 g/mol. The number of carbonyl (C=O) groups is 1. The number of hydrogen-bond donors (Lipinski definition) is 0. The second-order valence-corrected chi connectivity index (χ2v) is 10.4. The molecule has 0 fully saturated rings. The molecule has 0 aromatic rings. The molecule has 0 aliphatic carbocycles. The van der Waals surface area contributed by atoms with Crippen molar-refractivity contribution in [3.8, 4) is 0 Å². The molecule has 1 nitrogen and oxygen atoms in total. The molecule has 0 saturated heterocycles. The quantitative estimate of drug-likeness (QED) is 0.0787. The predicted octanol–water partition coefficient (Wildman–Crippen LogP) is 10.9. The predicted molar refractivity (Wildman–Crippen MR) is 163 cm³/mol. The van der Waals surface area contributed by atoms with Crippen LogP contribution >= 0.6 is 0 Å². The Kier molecular flexibility index (Phi) is 19.7. The van der Waals surface area contributed by atoms with E-state index >= 15 is 0 Å². The van der Waals surface area contributed by atoms with Gasteiger partial charge in [-0.2, -0.15) is 0 Å². The summed E-state index contributed by atoms with van der Waals surface area (Å²) in [5, 5.41) is 0. The summed E-state index contributed by atoms with van der Waals surface area (Å²) >= 11 is 0. The van der Waals surface area contributed by atoms with Crippen molar-refractivity contribution in [2.45, 2.75) is 105 Å².